The first-order chi connectivity index (χ1) is 10.4. The summed E-state index contributed by atoms with van der Waals surface area (Å²) in [6.45, 7) is 3.97. The Morgan fingerprint density at radius 2 is 1.95 bits per heavy atom. The summed E-state index contributed by atoms with van der Waals surface area (Å²) in [4.78, 5) is 12.6. The molecule has 0 spiro atoms. The molecule has 0 fully saturated rings. The maximum Gasteiger partial charge on any atom is 0.288 e. The molecule has 4 nitrogen and oxygen atoms in total. The number of hydrogen-bond donors (Lipinski definition) is 2. The molecule has 1 amide bonds. The highest BCUT2D eigenvalue weighted by molar-refractivity contribution is 9.10. The Labute approximate surface area is 139 Å². The van der Waals surface area contributed by atoms with Crippen LogP contribution in [0.1, 0.15) is 35.9 Å². The lowest BCUT2D eigenvalue weighted by Gasteiger charge is -2.06. The third-order valence-electron chi connectivity index (χ3n) is 2.86. The quantitative estimate of drug-likeness (QED) is 0.717. The zero-order valence-corrected chi connectivity index (χ0v) is 14.3. The van der Waals surface area contributed by atoms with Gasteiger partial charge in [-0.1, -0.05) is 25.6 Å². The molecule has 0 unspecified atom stereocenters. The smallest absolute Gasteiger partial charge is 0.288 e. The molecule has 2 rings (SSSR count). The second-order valence-electron chi connectivity index (χ2n) is 4.81. The summed E-state index contributed by atoms with van der Waals surface area (Å²) in [6.07, 6.45) is 0. The third kappa shape index (κ3) is 4.07. The lowest BCUT2D eigenvalue weighted by Crippen LogP contribution is -2.13. The standard InChI is InChI=1S/C14H14BrF2N3OS/c1-7(2)11-10(15)12(20-19-11)13(21)18-8-3-5-9(6-4-8)22-14(16)17/h3-7,14H,1-2H3,(H,18,21)(H,19,20). The fourth-order valence-electron chi connectivity index (χ4n) is 1.78. The van der Waals surface area contributed by atoms with E-state index in [1.54, 1.807) is 12.1 Å². The molecule has 1 heterocycles. The molecule has 0 atom stereocenters. The van der Waals surface area contributed by atoms with E-state index in [1.807, 2.05) is 13.8 Å². The Morgan fingerprint density at radius 1 is 1.32 bits per heavy atom. The van der Waals surface area contributed by atoms with Crippen molar-refractivity contribution in [2.24, 2.45) is 0 Å². The minimum absolute atomic E-state index is 0.203. The molecule has 8 heteroatoms. The number of amides is 1. The zero-order chi connectivity index (χ0) is 16.3. The number of anilines is 1. The average molecular weight is 390 g/mol. The highest BCUT2D eigenvalue weighted by atomic mass is 79.9. The number of carbonyl (C=O) groups excluding carboxylic acids is 1. The highest BCUT2D eigenvalue weighted by Crippen LogP contribution is 2.28. The zero-order valence-electron chi connectivity index (χ0n) is 11.9. The molecule has 0 bridgehead atoms. The van der Waals surface area contributed by atoms with Crippen molar-refractivity contribution in [2.75, 3.05) is 5.32 Å². The minimum Gasteiger partial charge on any atom is -0.321 e. The summed E-state index contributed by atoms with van der Waals surface area (Å²) in [5.41, 5.74) is 1.62. The van der Waals surface area contributed by atoms with Gasteiger partial charge in [0.1, 0.15) is 0 Å². The molecule has 0 aliphatic rings. The van der Waals surface area contributed by atoms with E-state index in [0.717, 1.165) is 5.69 Å². The Bertz CT molecular complexity index is 659. The second kappa shape index (κ2) is 7.23. The molecule has 0 saturated carbocycles. The lowest BCUT2D eigenvalue weighted by molar-refractivity contribution is 0.102. The predicted octanol–water partition coefficient (Wildman–Crippen LogP) is 4.86. The molecule has 1 aromatic carbocycles. The molecule has 1 aromatic heterocycles. The van der Waals surface area contributed by atoms with Crippen LogP contribution in [0, 0.1) is 0 Å². The van der Waals surface area contributed by atoms with E-state index >= 15 is 0 Å². The van der Waals surface area contributed by atoms with Crippen LogP contribution in [0.15, 0.2) is 33.6 Å². The number of aromatic amines is 1. The van der Waals surface area contributed by atoms with Crippen LogP contribution in [0.3, 0.4) is 0 Å². The summed E-state index contributed by atoms with van der Waals surface area (Å²) in [5.74, 6) is -2.63. The van der Waals surface area contributed by atoms with E-state index in [4.69, 9.17) is 0 Å². The Morgan fingerprint density at radius 3 is 2.45 bits per heavy atom. The minimum atomic E-state index is -2.46. The first kappa shape index (κ1) is 17.0. The van der Waals surface area contributed by atoms with Crippen molar-refractivity contribution in [2.45, 2.75) is 30.4 Å². The van der Waals surface area contributed by atoms with Gasteiger partial charge in [0.25, 0.3) is 11.7 Å². The van der Waals surface area contributed by atoms with Gasteiger partial charge in [-0.3, -0.25) is 9.89 Å². The van der Waals surface area contributed by atoms with E-state index in [-0.39, 0.29) is 17.5 Å². The number of aromatic nitrogens is 2. The van der Waals surface area contributed by atoms with Gasteiger partial charge in [0.05, 0.1) is 10.2 Å². The van der Waals surface area contributed by atoms with Crippen molar-refractivity contribution >= 4 is 39.3 Å². The molecule has 2 N–H and O–H groups in total. The van der Waals surface area contributed by atoms with Crippen molar-refractivity contribution < 1.29 is 13.6 Å². The topological polar surface area (TPSA) is 57.8 Å². The summed E-state index contributed by atoms with van der Waals surface area (Å²) in [6, 6.07) is 6.22. The number of alkyl halides is 2. The van der Waals surface area contributed by atoms with Crippen LogP contribution in [0.25, 0.3) is 0 Å². The van der Waals surface area contributed by atoms with Gasteiger partial charge >= 0.3 is 0 Å². The van der Waals surface area contributed by atoms with Crippen LogP contribution >= 0.6 is 27.7 Å². The van der Waals surface area contributed by atoms with E-state index in [1.165, 1.54) is 12.1 Å². The first-order valence-electron chi connectivity index (χ1n) is 6.48. The number of thioether (sulfide) groups is 1. The summed E-state index contributed by atoms with van der Waals surface area (Å²) in [7, 11) is 0. The maximum absolute atomic E-state index is 12.2. The van der Waals surface area contributed by atoms with E-state index in [2.05, 4.69) is 31.4 Å². The number of halogens is 3. The number of benzene rings is 1. The van der Waals surface area contributed by atoms with E-state index in [9.17, 15) is 13.6 Å². The third-order valence-corrected chi connectivity index (χ3v) is 4.39. The Hall–Kier alpha value is -1.41. The molecule has 118 valence electrons. The fraction of sp³-hybridized carbons (Fsp3) is 0.286. The van der Waals surface area contributed by atoms with Gasteiger partial charge < -0.3 is 5.32 Å². The number of nitrogens with zero attached hydrogens (tertiary/aromatic N) is 1. The molecule has 0 saturated heterocycles. The summed E-state index contributed by atoms with van der Waals surface area (Å²) < 4.78 is 25.1. The van der Waals surface area contributed by atoms with Gasteiger partial charge in [0.15, 0.2) is 5.69 Å². The van der Waals surface area contributed by atoms with Crippen molar-refractivity contribution in [3.05, 3.63) is 40.1 Å². The second-order valence-corrected chi connectivity index (χ2v) is 6.67. The summed E-state index contributed by atoms with van der Waals surface area (Å²) >= 11 is 3.82. The van der Waals surface area contributed by atoms with Crippen molar-refractivity contribution in [3.63, 3.8) is 0 Å². The largest absolute Gasteiger partial charge is 0.321 e. The van der Waals surface area contributed by atoms with Crippen LogP contribution in [0.5, 0.6) is 0 Å². The molecule has 0 radical (unpaired) electrons. The molecule has 2 aromatic rings. The number of carbonyl (C=O) groups is 1. The van der Waals surface area contributed by atoms with Gasteiger partial charge in [-0.05, 0) is 46.1 Å². The highest BCUT2D eigenvalue weighted by Gasteiger charge is 2.19. The number of nitrogens with one attached hydrogen (secondary N) is 2. The Kier molecular flexibility index (Phi) is 5.57. The van der Waals surface area contributed by atoms with Gasteiger partial charge in [0.2, 0.25) is 0 Å². The van der Waals surface area contributed by atoms with Crippen LogP contribution < -0.4 is 5.32 Å². The van der Waals surface area contributed by atoms with Crippen molar-refractivity contribution in [1.29, 1.82) is 0 Å². The molecular weight excluding hydrogens is 376 g/mol. The van der Waals surface area contributed by atoms with Gasteiger partial charge in [-0.25, -0.2) is 0 Å². The number of H-pyrrole nitrogens is 1. The predicted molar refractivity (Wildman–Crippen MR) is 86.6 cm³/mol. The lowest BCUT2D eigenvalue weighted by atomic mass is 10.1. The van der Waals surface area contributed by atoms with Gasteiger partial charge in [-0.2, -0.15) is 13.9 Å². The van der Waals surface area contributed by atoms with Crippen LogP contribution in [0.4, 0.5) is 14.5 Å². The SMILES string of the molecule is CC(C)c1[nH]nc(C(=O)Nc2ccc(SC(F)F)cc2)c1Br. The molecule has 0 aliphatic carbocycles. The molecule has 22 heavy (non-hydrogen) atoms. The number of rotatable bonds is 5. The molecular formula is C14H14BrF2N3OS. The monoisotopic (exact) mass is 389 g/mol. The van der Waals surface area contributed by atoms with Gasteiger partial charge in [0, 0.05) is 10.6 Å². The normalized spacial score (nSPS) is 11.2. The van der Waals surface area contributed by atoms with Gasteiger partial charge in [-0.15, -0.1) is 0 Å². The maximum atomic E-state index is 12.2. The van der Waals surface area contributed by atoms with Crippen LogP contribution in [-0.2, 0) is 0 Å². The van der Waals surface area contributed by atoms with E-state index in [0.29, 0.717) is 26.8 Å². The summed E-state index contributed by atoms with van der Waals surface area (Å²) in [5, 5.41) is 9.51. The van der Waals surface area contributed by atoms with Crippen molar-refractivity contribution in [3.8, 4) is 0 Å². The fourth-order valence-corrected chi connectivity index (χ4v) is 3.10. The van der Waals surface area contributed by atoms with Crippen molar-refractivity contribution in [1.82, 2.24) is 10.2 Å². The Balaban J connectivity index is 2.09. The number of hydrogen-bond acceptors (Lipinski definition) is 3. The van der Waals surface area contributed by atoms with Crippen LogP contribution in [0.2, 0.25) is 0 Å². The first-order valence-corrected chi connectivity index (χ1v) is 8.15. The average Bonchev–Trinajstić information content (AvgIpc) is 2.82. The van der Waals surface area contributed by atoms with Crippen LogP contribution in [-0.4, -0.2) is 21.9 Å². The van der Waals surface area contributed by atoms with E-state index < -0.39 is 5.76 Å². The molecule has 0 aliphatic heterocycles.